The molecule has 6 nitrogen and oxygen atoms in total. The normalized spacial score (nSPS) is 14.3. The van der Waals surface area contributed by atoms with Crippen molar-refractivity contribution in [2.75, 3.05) is 0 Å². The average molecular weight is 260 g/mol. The number of nitrogens with zero attached hydrogens (tertiary/aromatic N) is 4. The Kier molecular flexibility index (Phi) is 4.59. The molecular weight excluding hydrogens is 240 g/mol. The smallest absolute Gasteiger partial charge is 0.176 e. The summed E-state index contributed by atoms with van der Waals surface area (Å²) in [6.07, 6.45) is 1.66. The topological polar surface area (TPSA) is 81.7 Å². The summed E-state index contributed by atoms with van der Waals surface area (Å²) < 4.78 is 0. The molecule has 1 aromatic carbocycles. The molecule has 0 bridgehead atoms. The van der Waals surface area contributed by atoms with E-state index < -0.39 is 0 Å². The minimum atomic E-state index is 0.0941. The quantitative estimate of drug-likeness (QED) is 0.592. The molecule has 1 aromatic heterocycles. The Morgan fingerprint density at radius 2 is 2.05 bits per heavy atom. The van der Waals surface area contributed by atoms with Crippen LogP contribution in [0.15, 0.2) is 30.3 Å². The van der Waals surface area contributed by atoms with Gasteiger partial charge in [0.25, 0.3) is 0 Å². The van der Waals surface area contributed by atoms with E-state index in [2.05, 4.69) is 39.9 Å². The van der Waals surface area contributed by atoms with Gasteiger partial charge in [-0.05, 0) is 17.2 Å². The fraction of sp³-hybridized carbons (Fsp3) is 0.462. The first kappa shape index (κ1) is 13.6. The lowest BCUT2D eigenvalue weighted by Crippen LogP contribution is -2.41. The van der Waals surface area contributed by atoms with Crippen molar-refractivity contribution in [1.29, 1.82) is 0 Å². The number of hydrazine groups is 1. The summed E-state index contributed by atoms with van der Waals surface area (Å²) in [5.74, 6) is 6.75. The summed E-state index contributed by atoms with van der Waals surface area (Å²) >= 11 is 0. The van der Waals surface area contributed by atoms with Gasteiger partial charge in [-0.1, -0.05) is 37.3 Å². The highest BCUT2D eigenvalue weighted by atomic mass is 15.6. The molecule has 0 radical (unpaired) electrons. The monoisotopic (exact) mass is 260 g/mol. The lowest BCUT2D eigenvalue weighted by molar-refractivity contribution is 0.420. The maximum absolute atomic E-state index is 5.71. The Hall–Kier alpha value is -1.79. The van der Waals surface area contributed by atoms with Gasteiger partial charge in [-0.2, -0.15) is 4.80 Å². The fourth-order valence-electron chi connectivity index (χ4n) is 2.37. The average Bonchev–Trinajstić information content (AvgIpc) is 2.85. The van der Waals surface area contributed by atoms with Crippen LogP contribution in [0.5, 0.6) is 0 Å². The second-order valence-electron chi connectivity index (χ2n) is 4.60. The molecule has 0 saturated heterocycles. The molecule has 0 saturated carbocycles. The van der Waals surface area contributed by atoms with Gasteiger partial charge in [-0.15, -0.1) is 10.2 Å². The van der Waals surface area contributed by atoms with E-state index in [9.17, 15) is 0 Å². The van der Waals surface area contributed by atoms with Crippen LogP contribution >= 0.6 is 0 Å². The lowest BCUT2D eigenvalue weighted by atomic mass is 9.87. The van der Waals surface area contributed by atoms with Gasteiger partial charge in [-0.25, -0.2) is 0 Å². The summed E-state index contributed by atoms with van der Waals surface area (Å²) in [5, 5.41) is 12.1. The Labute approximate surface area is 113 Å². The third-order valence-electron chi connectivity index (χ3n) is 3.32. The van der Waals surface area contributed by atoms with E-state index in [-0.39, 0.29) is 6.04 Å². The fourth-order valence-corrected chi connectivity index (χ4v) is 2.37. The van der Waals surface area contributed by atoms with E-state index in [4.69, 9.17) is 5.84 Å². The molecule has 2 aromatic rings. The second kappa shape index (κ2) is 6.40. The van der Waals surface area contributed by atoms with Crippen LogP contribution in [0.1, 0.15) is 30.7 Å². The predicted molar refractivity (Wildman–Crippen MR) is 73.1 cm³/mol. The van der Waals surface area contributed by atoms with Crippen LogP contribution in [-0.4, -0.2) is 26.2 Å². The van der Waals surface area contributed by atoms with Crippen LogP contribution in [0, 0.1) is 0 Å². The minimum absolute atomic E-state index is 0.0941. The molecule has 0 spiro atoms. The van der Waals surface area contributed by atoms with Crippen LogP contribution in [0.3, 0.4) is 0 Å². The number of nitrogens with two attached hydrogens (primary N) is 1. The van der Waals surface area contributed by atoms with Gasteiger partial charge in [-0.3, -0.25) is 11.3 Å². The van der Waals surface area contributed by atoms with E-state index in [1.807, 2.05) is 18.2 Å². The number of rotatable bonds is 6. The first-order chi connectivity index (χ1) is 9.24. The van der Waals surface area contributed by atoms with E-state index >= 15 is 0 Å². The molecule has 3 N–H and O–H groups in total. The first-order valence-electron chi connectivity index (χ1n) is 6.48. The molecule has 2 unspecified atom stereocenters. The van der Waals surface area contributed by atoms with Crippen LogP contribution in [0.2, 0.25) is 0 Å². The lowest BCUT2D eigenvalue weighted by Gasteiger charge is -2.25. The van der Waals surface area contributed by atoms with Crippen LogP contribution < -0.4 is 11.3 Å². The zero-order chi connectivity index (χ0) is 13.7. The van der Waals surface area contributed by atoms with E-state index in [0.717, 1.165) is 6.42 Å². The molecule has 19 heavy (non-hydrogen) atoms. The maximum atomic E-state index is 5.71. The Morgan fingerprint density at radius 1 is 1.32 bits per heavy atom. The van der Waals surface area contributed by atoms with Crippen molar-refractivity contribution >= 4 is 0 Å². The molecule has 2 atom stereocenters. The molecule has 0 fully saturated rings. The van der Waals surface area contributed by atoms with Gasteiger partial charge in [0, 0.05) is 18.4 Å². The zero-order valence-corrected chi connectivity index (χ0v) is 11.3. The number of benzene rings is 1. The number of hydrogen-bond acceptors (Lipinski definition) is 5. The van der Waals surface area contributed by atoms with E-state index in [1.165, 1.54) is 10.4 Å². The molecule has 6 heteroatoms. The first-order valence-corrected chi connectivity index (χ1v) is 6.48. The van der Waals surface area contributed by atoms with E-state index in [1.54, 1.807) is 7.05 Å². The number of tetrazole rings is 1. The molecule has 2 rings (SSSR count). The highest BCUT2D eigenvalue weighted by Crippen LogP contribution is 2.24. The summed E-state index contributed by atoms with van der Waals surface area (Å²) in [5.41, 5.74) is 4.17. The highest BCUT2D eigenvalue weighted by molar-refractivity contribution is 5.21. The summed E-state index contributed by atoms with van der Waals surface area (Å²) in [6.45, 7) is 2.16. The maximum Gasteiger partial charge on any atom is 0.176 e. The van der Waals surface area contributed by atoms with Crippen molar-refractivity contribution in [2.45, 2.75) is 31.7 Å². The summed E-state index contributed by atoms with van der Waals surface area (Å²) in [7, 11) is 1.76. The molecule has 0 aliphatic heterocycles. The van der Waals surface area contributed by atoms with Gasteiger partial charge < -0.3 is 0 Å². The SMILES string of the molecule is CCC(c1ccccc1)C(Cc1nnn(C)n1)NN. The molecule has 0 aliphatic rings. The Bertz CT molecular complexity index is 495. The summed E-state index contributed by atoms with van der Waals surface area (Å²) in [4.78, 5) is 1.46. The molecular formula is C13H20N6. The predicted octanol–water partition coefficient (Wildman–Crippen LogP) is 0.778. The molecule has 1 heterocycles. The molecule has 0 amide bonds. The Morgan fingerprint density at radius 3 is 2.58 bits per heavy atom. The zero-order valence-electron chi connectivity index (χ0n) is 11.3. The van der Waals surface area contributed by atoms with Gasteiger partial charge in [0.15, 0.2) is 5.82 Å². The Balaban J connectivity index is 2.15. The van der Waals surface area contributed by atoms with Gasteiger partial charge in [0.05, 0.1) is 7.05 Å². The van der Waals surface area contributed by atoms with Crippen LogP contribution in [0.25, 0.3) is 0 Å². The number of aryl methyl sites for hydroxylation is 1. The van der Waals surface area contributed by atoms with Crippen LogP contribution in [-0.2, 0) is 13.5 Å². The molecule has 0 aliphatic carbocycles. The minimum Gasteiger partial charge on any atom is -0.271 e. The number of hydrogen-bond donors (Lipinski definition) is 2. The number of aromatic nitrogens is 4. The third-order valence-corrected chi connectivity index (χ3v) is 3.32. The third kappa shape index (κ3) is 3.36. The second-order valence-corrected chi connectivity index (χ2v) is 4.60. The van der Waals surface area contributed by atoms with Crippen molar-refractivity contribution in [3.8, 4) is 0 Å². The van der Waals surface area contributed by atoms with Crippen molar-refractivity contribution in [3.05, 3.63) is 41.7 Å². The van der Waals surface area contributed by atoms with Crippen molar-refractivity contribution in [2.24, 2.45) is 12.9 Å². The van der Waals surface area contributed by atoms with Crippen molar-refractivity contribution in [1.82, 2.24) is 25.6 Å². The number of nitrogens with one attached hydrogen (secondary N) is 1. The standard InChI is InChI=1S/C13H20N6/c1-3-11(10-7-5-4-6-8-10)12(15-14)9-13-16-18-19(2)17-13/h4-8,11-12,15H,3,9,14H2,1-2H3. The van der Waals surface area contributed by atoms with Crippen molar-refractivity contribution < 1.29 is 0 Å². The largest absolute Gasteiger partial charge is 0.271 e. The highest BCUT2D eigenvalue weighted by Gasteiger charge is 2.22. The molecule has 102 valence electrons. The van der Waals surface area contributed by atoms with Gasteiger partial charge in [0.1, 0.15) is 0 Å². The van der Waals surface area contributed by atoms with Gasteiger partial charge >= 0.3 is 0 Å². The van der Waals surface area contributed by atoms with Gasteiger partial charge in [0.2, 0.25) is 0 Å². The van der Waals surface area contributed by atoms with Crippen LogP contribution in [0.4, 0.5) is 0 Å². The van der Waals surface area contributed by atoms with Crippen molar-refractivity contribution in [3.63, 3.8) is 0 Å². The summed E-state index contributed by atoms with van der Waals surface area (Å²) in [6, 6.07) is 10.5. The van der Waals surface area contributed by atoms with E-state index in [0.29, 0.717) is 18.2 Å².